The number of esters is 1. The lowest BCUT2D eigenvalue weighted by atomic mass is 10.0. The number of hydrogen-bond donors (Lipinski definition) is 0. The van der Waals surface area contributed by atoms with E-state index in [0.717, 1.165) is 34.9 Å². The summed E-state index contributed by atoms with van der Waals surface area (Å²) in [6.45, 7) is 4.44. The molecule has 0 atom stereocenters. The maximum atomic E-state index is 12.7. The van der Waals surface area contributed by atoms with Crippen molar-refractivity contribution in [3.63, 3.8) is 0 Å². The maximum absolute atomic E-state index is 12.7. The number of nitrogens with zero attached hydrogens (tertiary/aromatic N) is 2. The van der Waals surface area contributed by atoms with Gasteiger partial charge in [0, 0.05) is 22.4 Å². The van der Waals surface area contributed by atoms with Crippen molar-refractivity contribution in [2.45, 2.75) is 84.5 Å². The van der Waals surface area contributed by atoms with Crippen molar-refractivity contribution in [1.82, 2.24) is 9.97 Å². The molecule has 0 spiro atoms. The fraction of sp³-hybridized carbons (Fsp3) is 0.433. The quantitative estimate of drug-likeness (QED) is 0.117. The van der Waals surface area contributed by atoms with Crippen LogP contribution in [0.25, 0.3) is 11.4 Å². The molecule has 35 heavy (non-hydrogen) atoms. The molecule has 0 N–H and O–H groups in total. The molecule has 1 heterocycles. The van der Waals surface area contributed by atoms with E-state index in [9.17, 15) is 4.79 Å². The summed E-state index contributed by atoms with van der Waals surface area (Å²) in [4.78, 5) is 21.7. The van der Waals surface area contributed by atoms with Crippen LogP contribution in [0.2, 0.25) is 0 Å². The van der Waals surface area contributed by atoms with Gasteiger partial charge in [0.25, 0.3) is 0 Å². The number of carbonyl (C=O) groups is 1. The molecule has 5 heteroatoms. The van der Waals surface area contributed by atoms with Gasteiger partial charge >= 0.3 is 5.97 Å². The molecule has 0 saturated carbocycles. The van der Waals surface area contributed by atoms with Crippen LogP contribution in [0.4, 0.5) is 0 Å². The van der Waals surface area contributed by atoms with E-state index in [-0.39, 0.29) is 5.97 Å². The van der Waals surface area contributed by atoms with E-state index in [4.69, 9.17) is 4.74 Å². The molecule has 0 aliphatic carbocycles. The summed E-state index contributed by atoms with van der Waals surface area (Å²) in [6.07, 6.45) is 17.1. The second-order valence-electron chi connectivity index (χ2n) is 9.11. The van der Waals surface area contributed by atoms with Gasteiger partial charge in [0.2, 0.25) is 0 Å². The van der Waals surface area contributed by atoms with Gasteiger partial charge < -0.3 is 4.74 Å². The number of halogens is 1. The Morgan fingerprint density at radius 2 is 1.43 bits per heavy atom. The van der Waals surface area contributed by atoms with Crippen LogP contribution in [0.5, 0.6) is 5.75 Å². The van der Waals surface area contributed by atoms with E-state index in [0.29, 0.717) is 17.1 Å². The van der Waals surface area contributed by atoms with Crippen LogP contribution < -0.4 is 4.74 Å². The first-order valence-electron chi connectivity index (χ1n) is 13.0. The number of ether oxygens (including phenoxy) is 1. The summed E-state index contributed by atoms with van der Waals surface area (Å²) >= 11 is 3.63. The Bertz CT molecular complexity index is 1050. The summed E-state index contributed by atoms with van der Waals surface area (Å²) < 4.78 is 6.56. The van der Waals surface area contributed by atoms with Crippen molar-refractivity contribution in [1.29, 1.82) is 0 Å². The van der Waals surface area contributed by atoms with Crippen molar-refractivity contribution in [2.24, 2.45) is 0 Å². The molecule has 0 bridgehead atoms. The number of benzene rings is 2. The Hall–Kier alpha value is -2.53. The topological polar surface area (TPSA) is 52.1 Å². The second kappa shape index (κ2) is 14.8. The van der Waals surface area contributed by atoms with Crippen LogP contribution in [-0.4, -0.2) is 15.9 Å². The number of aromatic nitrogens is 2. The van der Waals surface area contributed by atoms with Gasteiger partial charge in [-0.2, -0.15) is 0 Å². The molecule has 1 aromatic heterocycles. The number of rotatable bonds is 14. The van der Waals surface area contributed by atoms with Crippen molar-refractivity contribution in [2.75, 3.05) is 0 Å². The Balaban J connectivity index is 1.52. The highest BCUT2D eigenvalue weighted by Crippen LogP contribution is 2.24. The van der Waals surface area contributed by atoms with Crippen molar-refractivity contribution >= 4 is 21.9 Å². The van der Waals surface area contributed by atoms with E-state index < -0.39 is 0 Å². The third-order valence-corrected chi connectivity index (χ3v) is 6.92. The predicted molar refractivity (Wildman–Crippen MR) is 147 cm³/mol. The van der Waals surface area contributed by atoms with E-state index >= 15 is 0 Å². The number of unbranched alkanes of at least 4 members (excludes halogenated alkanes) is 7. The highest BCUT2D eigenvalue weighted by atomic mass is 79.9. The average molecular weight is 538 g/mol. The normalized spacial score (nSPS) is 10.9. The molecular formula is C30H37BrN2O2. The molecule has 0 aliphatic rings. The zero-order valence-electron chi connectivity index (χ0n) is 21.1. The lowest BCUT2D eigenvalue weighted by Crippen LogP contribution is -2.08. The minimum atomic E-state index is -0.364. The molecule has 2 aromatic carbocycles. The molecule has 0 saturated heterocycles. The van der Waals surface area contributed by atoms with Gasteiger partial charge in [0.15, 0.2) is 5.82 Å². The molecule has 0 fully saturated rings. The van der Waals surface area contributed by atoms with Crippen LogP contribution in [0.15, 0.2) is 59.3 Å². The van der Waals surface area contributed by atoms with Crippen LogP contribution in [0.3, 0.4) is 0 Å². The second-order valence-corrected chi connectivity index (χ2v) is 9.96. The highest BCUT2D eigenvalue weighted by Gasteiger charge is 2.12. The first kappa shape index (κ1) is 27.1. The zero-order chi connectivity index (χ0) is 24.9. The van der Waals surface area contributed by atoms with Gasteiger partial charge in [0.05, 0.1) is 5.56 Å². The Morgan fingerprint density at radius 3 is 2.11 bits per heavy atom. The van der Waals surface area contributed by atoms with Gasteiger partial charge in [-0.05, 0) is 73.2 Å². The first-order chi connectivity index (χ1) is 17.1. The summed E-state index contributed by atoms with van der Waals surface area (Å²) in [5, 5.41) is 0. The molecule has 0 radical (unpaired) electrons. The van der Waals surface area contributed by atoms with E-state index in [1.165, 1.54) is 56.9 Å². The largest absolute Gasteiger partial charge is 0.423 e. The van der Waals surface area contributed by atoms with Crippen molar-refractivity contribution in [3.8, 4) is 17.1 Å². The fourth-order valence-electron chi connectivity index (χ4n) is 4.02. The highest BCUT2D eigenvalue weighted by molar-refractivity contribution is 9.10. The van der Waals surface area contributed by atoms with E-state index in [1.54, 1.807) is 12.1 Å². The molecule has 3 rings (SSSR count). The summed E-state index contributed by atoms with van der Waals surface area (Å²) in [7, 11) is 0. The maximum Gasteiger partial charge on any atom is 0.343 e. The minimum Gasteiger partial charge on any atom is -0.423 e. The summed E-state index contributed by atoms with van der Waals surface area (Å²) in [6, 6.07) is 13.1. The molecule has 0 aliphatic heterocycles. The third-order valence-electron chi connectivity index (χ3n) is 6.19. The average Bonchev–Trinajstić information content (AvgIpc) is 2.88. The number of carbonyl (C=O) groups excluding carboxylic acids is 1. The lowest BCUT2D eigenvalue weighted by molar-refractivity contribution is 0.0734. The van der Waals surface area contributed by atoms with Crippen LogP contribution in [0, 0.1) is 0 Å². The SMILES string of the molecule is CCCCCCCCc1ccc(C(=O)Oc2ccc(-c3ncc(CCCCC)cn3)cc2)cc1Br. The van der Waals surface area contributed by atoms with E-state index in [1.807, 2.05) is 42.7 Å². The third kappa shape index (κ3) is 8.88. The smallest absolute Gasteiger partial charge is 0.343 e. The molecule has 186 valence electrons. The number of aryl methyl sites for hydroxylation is 2. The van der Waals surface area contributed by atoms with Crippen molar-refractivity contribution in [3.05, 3.63) is 76.0 Å². The van der Waals surface area contributed by atoms with Gasteiger partial charge in [0.1, 0.15) is 5.75 Å². The van der Waals surface area contributed by atoms with Gasteiger partial charge in [-0.25, -0.2) is 14.8 Å². The Labute approximate surface area is 218 Å². The van der Waals surface area contributed by atoms with Crippen LogP contribution >= 0.6 is 15.9 Å². The molecule has 3 aromatic rings. The zero-order valence-corrected chi connectivity index (χ0v) is 22.6. The summed E-state index contributed by atoms with van der Waals surface area (Å²) in [5.74, 6) is 0.812. The monoisotopic (exact) mass is 536 g/mol. The first-order valence-corrected chi connectivity index (χ1v) is 13.8. The minimum absolute atomic E-state index is 0.364. The Morgan fingerprint density at radius 1 is 0.800 bits per heavy atom. The molecule has 0 unspecified atom stereocenters. The van der Waals surface area contributed by atoms with E-state index in [2.05, 4.69) is 39.7 Å². The molecule has 0 amide bonds. The number of hydrogen-bond acceptors (Lipinski definition) is 4. The molecule has 4 nitrogen and oxygen atoms in total. The van der Waals surface area contributed by atoms with Gasteiger partial charge in [-0.3, -0.25) is 0 Å². The fourth-order valence-corrected chi connectivity index (χ4v) is 4.60. The lowest BCUT2D eigenvalue weighted by Gasteiger charge is -2.09. The summed E-state index contributed by atoms with van der Waals surface area (Å²) in [5.41, 5.74) is 3.83. The Kier molecular flexibility index (Phi) is 11.4. The van der Waals surface area contributed by atoms with Crippen molar-refractivity contribution < 1.29 is 9.53 Å². The van der Waals surface area contributed by atoms with Crippen LogP contribution in [-0.2, 0) is 12.8 Å². The standard InChI is InChI=1S/C30H37BrN2O2/c1-3-5-7-8-9-11-13-24-14-15-26(20-28(24)31)30(34)35-27-18-16-25(17-19-27)29-32-21-23(22-33-29)12-10-6-4-2/h14-22H,3-13H2,1-2H3. The van der Waals surface area contributed by atoms with Gasteiger partial charge in [-0.15, -0.1) is 0 Å². The molecular weight excluding hydrogens is 500 g/mol. The predicted octanol–water partition coefficient (Wildman–Crippen LogP) is 8.76. The van der Waals surface area contributed by atoms with Crippen LogP contribution in [0.1, 0.15) is 93.1 Å². The van der Waals surface area contributed by atoms with Gasteiger partial charge in [-0.1, -0.05) is 80.8 Å².